The van der Waals surface area contributed by atoms with Crippen molar-refractivity contribution in [3.63, 3.8) is 0 Å². The van der Waals surface area contributed by atoms with Gasteiger partial charge in [-0.15, -0.1) is 11.3 Å². The molecule has 27 heavy (non-hydrogen) atoms. The van der Waals surface area contributed by atoms with Crippen LogP contribution < -0.4 is 5.32 Å². The van der Waals surface area contributed by atoms with Crippen LogP contribution in [0.15, 0.2) is 52.3 Å². The van der Waals surface area contributed by atoms with Gasteiger partial charge in [0.25, 0.3) is 5.91 Å². The highest BCUT2D eigenvalue weighted by atomic mass is 32.1. The van der Waals surface area contributed by atoms with Crippen LogP contribution in [0.3, 0.4) is 0 Å². The minimum Gasteiger partial charge on any atom is -0.451 e. The highest BCUT2D eigenvalue weighted by molar-refractivity contribution is 7.13. The minimum absolute atomic E-state index is 0.199. The largest absolute Gasteiger partial charge is 0.451 e. The van der Waals surface area contributed by atoms with Crippen molar-refractivity contribution in [1.82, 2.24) is 10.3 Å². The van der Waals surface area contributed by atoms with Gasteiger partial charge >= 0.3 is 0 Å². The first-order valence-electron chi connectivity index (χ1n) is 8.49. The molecule has 2 aromatic carbocycles. The smallest absolute Gasteiger partial charge is 0.287 e. The number of halogens is 1. The van der Waals surface area contributed by atoms with Crippen LogP contribution in [0, 0.1) is 19.7 Å². The monoisotopic (exact) mass is 380 g/mol. The van der Waals surface area contributed by atoms with Crippen molar-refractivity contribution in [2.45, 2.75) is 20.4 Å². The topological polar surface area (TPSA) is 55.1 Å². The van der Waals surface area contributed by atoms with Crippen LogP contribution in [0.4, 0.5) is 4.39 Å². The Bertz CT molecular complexity index is 1130. The van der Waals surface area contributed by atoms with Crippen molar-refractivity contribution < 1.29 is 13.6 Å². The lowest BCUT2D eigenvalue weighted by molar-refractivity contribution is 0.0924. The van der Waals surface area contributed by atoms with E-state index in [9.17, 15) is 9.18 Å². The third-order valence-corrected chi connectivity index (χ3v) is 5.32. The summed E-state index contributed by atoms with van der Waals surface area (Å²) in [6, 6.07) is 12.4. The normalized spacial score (nSPS) is 11.1. The second kappa shape index (κ2) is 6.96. The molecule has 4 nitrogen and oxygen atoms in total. The Kier molecular flexibility index (Phi) is 4.49. The number of thiazole rings is 1. The van der Waals surface area contributed by atoms with E-state index in [2.05, 4.69) is 10.3 Å². The average molecular weight is 380 g/mol. The molecule has 4 aromatic rings. The number of nitrogens with zero attached hydrogens (tertiary/aromatic N) is 1. The number of benzene rings is 2. The fraction of sp³-hybridized carbons (Fsp3) is 0.143. The van der Waals surface area contributed by atoms with Gasteiger partial charge in [0.1, 0.15) is 16.4 Å². The number of aryl methyl sites for hydroxylation is 2. The summed E-state index contributed by atoms with van der Waals surface area (Å²) in [6.45, 7) is 4.09. The van der Waals surface area contributed by atoms with Crippen LogP contribution in [0.5, 0.6) is 0 Å². The SMILES string of the molecule is Cc1ccc(-c2nc(CNC(=O)c3oc4ccc(F)cc4c3C)cs2)cc1. The van der Waals surface area contributed by atoms with E-state index in [-0.39, 0.29) is 17.5 Å². The molecular formula is C21H17FN2O2S. The Morgan fingerprint density at radius 3 is 2.74 bits per heavy atom. The molecule has 0 radical (unpaired) electrons. The zero-order valence-electron chi connectivity index (χ0n) is 14.9. The van der Waals surface area contributed by atoms with Gasteiger partial charge in [0, 0.05) is 21.9 Å². The first kappa shape index (κ1) is 17.4. The number of hydrogen-bond donors (Lipinski definition) is 1. The van der Waals surface area contributed by atoms with Crippen molar-refractivity contribution in [3.8, 4) is 10.6 Å². The number of hydrogen-bond acceptors (Lipinski definition) is 4. The molecular weight excluding hydrogens is 363 g/mol. The molecule has 0 bridgehead atoms. The van der Waals surface area contributed by atoms with E-state index in [1.54, 1.807) is 6.92 Å². The molecule has 0 saturated heterocycles. The lowest BCUT2D eigenvalue weighted by atomic mass is 10.1. The quantitative estimate of drug-likeness (QED) is 0.527. The third kappa shape index (κ3) is 3.48. The second-order valence-corrected chi connectivity index (χ2v) is 7.25. The van der Waals surface area contributed by atoms with Crippen molar-refractivity contribution >= 4 is 28.2 Å². The van der Waals surface area contributed by atoms with Gasteiger partial charge in [-0.25, -0.2) is 9.37 Å². The maximum Gasteiger partial charge on any atom is 0.287 e. The molecule has 0 fully saturated rings. The second-order valence-electron chi connectivity index (χ2n) is 6.39. The van der Waals surface area contributed by atoms with Gasteiger partial charge in [0.2, 0.25) is 0 Å². The Balaban J connectivity index is 1.48. The van der Waals surface area contributed by atoms with Crippen molar-refractivity contribution in [3.05, 3.63) is 76.2 Å². The zero-order valence-corrected chi connectivity index (χ0v) is 15.7. The summed E-state index contributed by atoms with van der Waals surface area (Å²) in [6.07, 6.45) is 0. The third-order valence-electron chi connectivity index (χ3n) is 4.38. The Morgan fingerprint density at radius 2 is 1.96 bits per heavy atom. The van der Waals surface area contributed by atoms with Crippen molar-refractivity contribution in [2.24, 2.45) is 0 Å². The molecule has 4 rings (SSSR count). The number of amides is 1. The molecule has 2 aromatic heterocycles. The van der Waals surface area contributed by atoms with E-state index in [0.29, 0.717) is 23.1 Å². The van der Waals surface area contributed by atoms with Crippen LogP contribution in [-0.4, -0.2) is 10.9 Å². The van der Waals surface area contributed by atoms with Gasteiger partial charge in [-0.05, 0) is 32.0 Å². The minimum atomic E-state index is -0.357. The van der Waals surface area contributed by atoms with Crippen molar-refractivity contribution in [1.29, 1.82) is 0 Å². The summed E-state index contributed by atoms with van der Waals surface area (Å²) >= 11 is 1.54. The molecule has 0 aliphatic rings. The molecule has 1 amide bonds. The molecule has 0 aliphatic carbocycles. The van der Waals surface area contributed by atoms with E-state index >= 15 is 0 Å². The van der Waals surface area contributed by atoms with Gasteiger partial charge in [-0.3, -0.25) is 4.79 Å². The number of nitrogens with one attached hydrogen (secondary N) is 1. The number of furan rings is 1. The Hall–Kier alpha value is -2.99. The number of fused-ring (bicyclic) bond motifs is 1. The number of carbonyl (C=O) groups is 1. The Morgan fingerprint density at radius 1 is 1.19 bits per heavy atom. The number of carbonyl (C=O) groups excluding carboxylic acids is 1. The summed E-state index contributed by atoms with van der Waals surface area (Å²) in [5, 5.41) is 6.27. The fourth-order valence-corrected chi connectivity index (χ4v) is 3.70. The molecule has 6 heteroatoms. The highest BCUT2D eigenvalue weighted by Crippen LogP contribution is 2.26. The highest BCUT2D eigenvalue weighted by Gasteiger charge is 2.18. The molecule has 0 aliphatic heterocycles. The predicted octanol–water partition coefficient (Wildman–Crippen LogP) is 5.24. The van der Waals surface area contributed by atoms with E-state index < -0.39 is 0 Å². The lowest BCUT2D eigenvalue weighted by Gasteiger charge is -2.01. The molecule has 0 unspecified atom stereocenters. The number of aromatic nitrogens is 1. The van der Waals surface area contributed by atoms with Crippen LogP contribution in [-0.2, 0) is 6.54 Å². The first-order chi connectivity index (χ1) is 13.0. The van der Waals surface area contributed by atoms with Gasteiger partial charge in [0.15, 0.2) is 5.76 Å². The van der Waals surface area contributed by atoms with Gasteiger partial charge in [-0.2, -0.15) is 0 Å². The summed E-state index contributed by atoms with van der Waals surface area (Å²) in [7, 11) is 0. The van der Waals surface area contributed by atoms with Crippen LogP contribution >= 0.6 is 11.3 Å². The predicted molar refractivity (Wildman–Crippen MR) is 104 cm³/mol. The summed E-state index contributed by atoms with van der Waals surface area (Å²) in [5.74, 6) is -0.497. The van der Waals surface area contributed by atoms with E-state index in [1.807, 2.05) is 36.6 Å². The zero-order chi connectivity index (χ0) is 19.0. The lowest BCUT2D eigenvalue weighted by Crippen LogP contribution is -2.23. The van der Waals surface area contributed by atoms with E-state index in [4.69, 9.17) is 4.42 Å². The van der Waals surface area contributed by atoms with Crippen molar-refractivity contribution in [2.75, 3.05) is 0 Å². The standard InChI is InChI=1S/C21H17FN2O2S/c1-12-3-5-14(6-4-12)21-24-16(11-27-21)10-23-20(25)19-13(2)17-9-15(22)7-8-18(17)26-19/h3-9,11H,10H2,1-2H3,(H,23,25). The maximum atomic E-state index is 13.4. The molecule has 2 heterocycles. The molecule has 136 valence electrons. The molecule has 1 N–H and O–H groups in total. The van der Waals surface area contributed by atoms with Gasteiger partial charge in [0.05, 0.1) is 12.2 Å². The van der Waals surface area contributed by atoms with E-state index in [0.717, 1.165) is 16.3 Å². The maximum absolute atomic E-state index is 13.4. The fourth-order valence-electron chi connectivity index (χ4n) is 2.88. The van der Waals surface area contributed by atoms with Gasteiger partial charge in [-0.1, -0.05) is 29.8 Å². The first-order valence-corrected chi connectivity index (χ1v) is 9.37. The van der Waals surface area contributed by atoms with Crippen LogP contribution in [0.25, 0.3) is 21.5 Å². The summed E-state index contributed by atoms with van der Waals surface area (Å²) < 4.78 is 19.0. The molecule has 0 spiro atoms. The summed E-state index contributed by atoms with van der Waals surface area (Å²) in [4.78, 5) is 17.1. The van der Waals surface area contributed by atoms with Gasteiger partial charge < -0.3 is 9.73 Å². The average Bonchev–Trinajstić information content (AvgIpc) is 3.26. The molecule has 0 atom stereocenters. The molecule has 0 saturated carbocycles. The van der Waals surface area contributed by atoms with E-state index in [1.165, 1.54) is 35.1 Å². The Labute approximate surface area is 159 Å². The van der Waals surface area contributed by atoms with Crippen LogP contribution in [0.2, 0.25) is 0 Å². The van der Waals surface area contributed by atoms with Crippen LogP contribution in [0.1, 0.15) is 27.4 Å². The summed E-state index contributed by atoms with van der Waals surface area (Å²) in [5.41, 5.74) is 4.15. The number of rotatable bonds is 4.